The highest BCUT2D eigenvalue weighted by Crippen LogP contribution is 2.23. The molecule has 0 aliphatic heterocycles. The molecule has 0 aromatic carbocycles. The van der Waals surface area contributed by atoms with Crippen molar-refractivity contribution in [1.82, 2.24) is 0 Å². The molecule has 0 N–H and O–H groups in total. The standard InChI is InChI=1S/C4H5NOS2/c6-4(7)8-5-3-1-2-3/h3H,1-2H2. The first-order chi connectivity index (χ1) is 3.79. The molecule has 0 spiro atoms. The highest BCUT2D eigenvalue weighted by atomic mass is 32.2. The Labute approximate surface area is 57.2 Å². The second kappa shape index (κ2) is 2.46. The summed E-state index contributed by atoms with van der Waals surface area (Å²) in [6.45, 7) is 0. The van der Waals surface area contributed by atoms with E-state index in [-0.39, 0.29) is 4.45 Å². The molecular formula is C4H5NOS2. The first kappa shape index (κ1) is 6.04. The maximum Gasteiger partial charge on any atom is 0.372 e. The lowest BCUT2D eigenvalue weighted by Crippen LogP contribution is -1.82. The fourth-order valence-electron chi connectivity index (χ4n) is 0.298. The van der Waals surface area contributed by atoms with E-state index >= 15 is 0 Å². The van der Waals surface area contributed by atoms with Crippen molar-refractivity contribution in [2.24, 2.45) is 4.36 Å². The Morgan fingerprint density at radius 3 is 2.75 bits per heavy atom. The molecule has 4 heteroatoms. The number of nitrogens with zero attached hydrogens (tertiary/aromatic N) is 1. The largest absolute Gasteiger partial charge is 0.670 e. The predicted octanol–water partition coefficient (Wildman–Crippen LogP) is 1.08. The average Bonchev–Trinajstić information content (AvgIpc) is 2.41. The molecule has 1 aliphatic carbocycles. The molecule has 1 aliphatic rings. The van der Waals surface area contributed by atoms with Crippen molar-refractivity contribution < 1.29 is 4.79 Å². The zero-order valence-corrected chi connectivity index (χ0v) is 5.80. The lowest BCUT2D eigenvalue weighted by molar-refractivity contribution is 0.277. The molecule has 0 radical (unpaired) electrons. The Hall–Kier alpha value is -0.0900. The van der Waals surface area contributed by atoms with Crippen LogP contribution in [0.5, 0.6) is 0 Å². The van der Waals surface area contributed by atoms with Crippen molar-refractivity contribution in [2.75, 3.05) is 0 Å². The van der Waals surface area contributed by atoms with Crippen molar-refractivity contribution in [3.05, 3.63) is 0 Å². The van der Waals surface area contributed by atoms with Crippen LogP contribution in [0, 0.1) is 0 Å². The van der Waals surface area contributed by atoms with Gasteiger partial charge in [0.1, 0.15) is 6.04 Å². The van der Waals surface area contributed by atoms with E-state index in [0.717, 1.165) is 24.4 Å². The van der Waals surface area contributed by atoms with Crippen LogP contribution < -0.4 is 0 Å². The van der Waals surface area contributed by atoms with E-state index in [1.807, 2.05) is 0 Å². The molecule has 1 saturated carbocycles. The molecule has 0 saturated heterocycles. The summed E-state index contributed by atoms with van der Waals surface area (Å²) < 4.78 is 3.58. The molecule has 0 heterocycles. The van der Waals surface area contributed by atoms with E-state index in [9.17, 15) is 4.79 Å². The van der Waals surface area contributed by atoms with Gasteiger partial charge in [-0.1, -0.05) is 0 Å². The van der Waals surface area contributed by atoms with Crippen LogP contribution in [0.25, 0.3) is 0 Å². The van der Waals surface area contributed by atoms with Crippen molar-refractivity contribution in [2.45, 2.75) is 18.9 Å². The summed E-state index contributed by atoms with van der Waals surface area (Å²) >= 11 is 5.16. The summed E-state index contributed by atoms with van der Waals surface area (Å²) in [7, 11) is 0. The summed E-state index contributed by atoms with van der Waals surface area (Å²) in [5.74, 6) is 0. The quantitative estimate of drug-likeness (QED) is 0.410. The van der Waals surface area contributed by atoms with Gasteiger partial charge >= 0.3 is 16.0 Å². The number of carbonyl (C=O) groups excluding carboxylic acids is 1. The molecule has 0 unspecified atom stereocenters. The number of rotatable bonds is 1. The van der Waals surface area contributed by atoms with Gasteiger partial charge < -0.3 is 12.6 Å². The molecule has 44 valence electrons. The molecule has 8 heavy (non-hydrogen) atoms. The first-order valence-corrected chi connectivity index (χ1v) is 3.55. The molecule has 2 nitrogen and oxygen atoms in total. The van der Waals surface area contributed by atoms with Gasteiger partial charge in [0, 0.05) is 0 Å². The van der Waals surface area contributed by atoms with Gasteiger partial charge in [-0.2, -0.15) is 0 Å². The molecule has 0 atom stereocenters. The summed E-state index contributed by atoms with van der Waals surface area (Å²) in [5, 5.41) is 0. The lowest BCUT2D eigenvalue weighted by Gasteiger charge is -1.70. The normalized spacial score (nSPS) is 19.5. The fraction of sp³-hybridized carbons (Fsp3) is 0.750. The fourth-order valence-corrected chi connectivity index (χ4v) is 0.873. The van der Waals surface area contributed by atoms with Crippen molar-refractivity contribution in [1.29, 1.82) is 0 Å². The Morgan fingerprint density at radius 1 is 1.75 bits per heavy atom. The van der Waals surface area contributed by atoms with Crippen LogP contribution in [-0.2, 0) is 24.2 Å². The minimum atomic E-state index is -0.322. The summed E-state index contributed by atoms with van der Waals surface area (Å²) in [4.78, 5) is 10.1. The van der Waals surface area contributed by atoms with Crippen LogP contribution >= 0.6 is 0 Å². The van der Waals surface area contributed by atoms with Gasteiger partial charge in [0.25, 0.3) is 0 Å². The zero-order valence-electron chi connectivity index (χ0n) is 4.16. The van der Waals surface area contributed by atoms with Crippen molar-refractivity contribution in [3.63, 3.8) is 0 Å². The molecule has 0 bridgehead atoms. The third-order valence-corrected chi connectivity index (χ3v) is 1.60. The van der Waals surface area contributed by atoms with E-state index in [0.29, 0.717) is 6.04 Å². The number of hydrogen-bond donors (Lipinski definition) is 0. The van der Waals surface area contributed by atoms with Gasteiger partial charge in [-0.05, 0) is 17.2 Å². The highest BCUT2D eigenvalue weighted by Gasteiger charge is 2.24. The minimum Gasteiger partial charge on any atom is -0.670 e. The average molecular weight is 147 g/mol. The monoisotopic (exact) mass is 147 g/mol. The van der Waals surface area contributed by atoms with Crippen LogP contribution in [0.15, 0.2) is 4.36 Å². The summed E-state index contributed by atoms with van der Waals surface area (Å²) in [6.07, 6.45) is 2.27. The van der Waals surface area contributed by atoms with Gasteiger partial charge in [-0.25, -0.2) is 0 Å². The second-order valence-corrected chi connectivity index (χ2v) is 3.07. The molecular weight excluding hydrogens is 142 g/mol. The van der Waals surface area contributed by atoms with Crippen molar-refractivity contribution in [3.8, 4) is 0 Å². The third-order valence-electron chi connectivity index (χ3n) is 0.823. The number of carbonyl (C=O) groups is 1. The van der Waals surface area contributed by atoms with Crippen LogP contribution in [0.1, 0.15) is 12.8 Å². The van der Waals surface area contributed by atoms with Crippen LogP contribution in [0.4, 0.5) is 4.79 Å². The Balaban J connectivity index is 2.23. The minimum absolute atomic E-state index is 0.322. The van der Waals surface area contributed by atoms with Gasteiger partial charge in [0.15, 0.2) is 0 Å². The zero-order chi connectivity index (χ0) is 5.98. The maximum atomic E-state index is 10.1. The lowest BCUT2D eigenvalue weighted by atomic mass is 10.8. The summed E-state index contributed by atoms with van der Waals surface area (Å²) in [5.41, 5.74) is 0. The van der Waals surface area contributed by atoms with Gasteiger partial charge in [-0.15, -0.1) is 0 Å². The van der Waals surface area contributed by atoms with Gasteiger partial charge in [0.05, 0.1) is 0 Å². The SMILES string of the molecule is O=C([S-])[S+]=NC1CC1. The van der Waals surface area contributed by atoms with E-state index in [1.54, 1.807) is 0 Å². The molecule has 0 aromatic rings. The topological polar surface area (TPSA) is 29.4 Å². The van der Waals surface area contributed by atoms with Gasteiger partial charge in [-0.3, -0.25) is 4.79 Å². The molecule has 0 amide bonds. The smallest absolute Gasteiger partial charge is 0.372 e. The van der Waals surface area contributed by atoms with E-state index in [1.165, 1.54) is 0 Å². The van der Waals surface area contributed by atoms with Crippen molar-refractivity contribution >= 4 is 28.6 Å². The van der Waals surface area contributed by atoms with E-state index in [2.05, 4.69) is 17.0 Å². The van der Waals surface area contributed by atoms with Crippen LogP contribution in [0.2, 0.25) is 0 Å². The predicted molar refractivity (Wildman–Crippen MR) is 35.6 cm³/mol. The van der Waals surface area contributed by atoms with Crippen LogP contribution in [0.3, 0.4) is 0 Å². The Bertz CT molecular complexity index is 130. The number of hydrogen-bond acceptors (Lipinski definition) is 3. The summed E-state index contributed by atoms with van der Waals surface area (Å²) in [6, 6.07) is 0.437. The molecule has 1 rings (SSSR count). The third kappa shape index (κ3) is 2.28. The van der Waals surface area contributed by atoms with E-state index in [4.69, 9.17) is 0 Å². The van der Waals surface area contributed by atoms with Crippen LogP contribution in [-0.4, -0.2) is 10.5 Å². The van der Waals surface area contributed by atoms with E-state index < -0.39 is 0 Å². The first-order valence-electron chi connectivity index (χ1n) is 2.37. The Morgan fingerprint density at radius 2 is 2.38 bits per heavy atom. The second-order valence-electron chi connectivity index (χ2n) is 1.68. The molecule has 1 fully saturated rings. The Kier molecular flexibility index (Phi) is 1.85. The molecule has 0 aromatic heterocycles. The van der Waals surface area contributed by atoms with Gasteiger partial charge in [0.2, 0.25) is 0 Å². The highest BCUT2D eigenvalue weighted by molar-refractivity contribution is 8.08. The maximum absolute atomic E-state index is 10.1.